The van der Waals surface area contributed by atoms with Gasteiger partial charge >= 0.3 is 12.1 Å². The predicted octanol–water partition coefficient (Wildman–Crippen LogP) is 7.86. The first-order valence-electron chi connectivity index (χ1n) is 14.7. The molecular weight excluding hydrogens is 559 g/mol. The Bertz CT molecular complexity index is 1430. The number of anilines is 1. The normalized spacial score (nSPS) is 16.2. The molecule has 0 saturated carbocycles. The van der Waals surface area contributed by atoms with Crippen molar-refractivity contribution in [2.24, 2.45) is 0 Å². The lowest BCUT2D eigenvalue weighted by molar-refractivity contribution is -0.141. The van der Waals surface area contributed by atoms with Crippen LogP contribution in [0.15, 0.2) is 54.7 Å². The van der Waals surface area contributed by atoms with Crippen molar-refractivity contribution in [1.82, 2.24) is 9.78 Å². The van der Waals surface area contributed by atoms with Gasteiger partial charge in [-0.25, -0.2) is 4.68 Å². The summed E-state index contributed by atoms with van der Waals surface area (Å²) in [6.07, 6.45) is -0.0546. The fraction of sp³-hybridized carbons (Fsp3) is 0.485. The Balaban J connectivity index is 1.59. The average molecular weight is 600 g/mol. The van der Waals surface area contributed by atoms with E-state index in [0.29, 0.717) is 55.0 Å². The summed E-state index contributed by atoms with van der Waals surface area (Å²) in [5.74, 6) is 0.896. The minimum atomic E-state index is -4.42. The summed E-state index contributed by atoms with van der Waals surface area (Å²) in [5.41, 5.74) is 0.337. The molecule has 43 heavy (non-hydrogen) atoms. The van der Waals surface area contributed by atoms with Gasteiger partial charge in [-0.15, -0.1) is 0 Å². The number of benzene rings is 2. The highest BCUT2D eigenvalue weighted by Gasteiger charge is 2.40. The first kappa shape index (κ1) is 32.1. The minimum Gasteiger partial charge on any atom is -0.493 e. The van der Waals surface area contributed by atoms with Crippen LogP contribution in [0.2, 0.25) is 0 Å². The highest BCUT2D eigenvalue weighted by atomic mass is 19.4. The number of hydrogen-bond donors (Lipinski definition) is 1. The van der Waals surface area contributed by atoms with Crippen molar-refractivity contribution in [2.45, 2.75) is 89.4 Å². The molecule has 2 heterocycles. The van der Waals surface area contributed by atoms with Gasteiger partial charge in [0.1, 0.15) is 11.6 Å². The zero-order chi connectivity index (χ0) is 31.4. The van der Waals surface area contributed by atoms with E-state index in [1.807, 2.05) is 42.8 Å². The van der Waals surface area contributed by atoms with Crippen molar-refractivity contribution in [3.05, 3.63) is 77.0 Å². The third-order valence-corrected chi connectivity index (χ3v) is 8.64. The number of methoxy groups -OCH3 is 1. The quantitative estimate of drug-likeness (QED) is 0.130. The second-order valence-electron chi connectivity index (χ2n) is 11.8. The van der Waals surface area contributed by atoms with E-state index >= 15 is 0 Å². The second-order valence-corrected chi connectivity index (χ2v) is 11.8. The summed E-state index contributed by atoms with van der Waals surface area (Å²) in [7, 11) is 1.36. The molecule has 10 heteroatoms. The summed E-state index contributed by atoms with van der Waals surface area (Å²) in [6, 6.07) is 12.7. The fourth-order valence-corrected chi connectivity index (χ4v) is 5.97. The molecule has 0 spiro atoms. The van der Waals surface area contributed by atoms with Crippen LogP contribution >= 0.6 is 0 Å². The smallest absolute Gasteiger partial charge is 0.416 e. The number of ether oxygens (including phenoxy) is 2. The number of ketones is 1. The summed E-state index contributed by atoms with van der Waals surface area (Å²) < 4.78 is 52.2. The SMILES string of the molecule is CCC(CC)(CC(=O)c1cnn2c1NC(c1ccccc1OCCCC(=O)OC)CC2(C)C)c1ccc(C(F)(F)F)cc1. The lowest BCUT2D eigenvalue weighted by Crippen LogP contribution is -2.38. The van der Waals surface area contributed by atoms with Crippen LogP contribution in [0.3, 0.4) is 0 Å². The maximum absolute atomic E-state index is 14.0. The number of alkyl halides is 3. The third kappa shape index (κ3) is 6.89. The number of nitrogens with one attached hydrogen (secondary N) is 1. The molecule has 2 aromatic carbocycles. The Kier molecular flexibility index (Phi) is 9.57. The van der Waals surface area contributed by atoms with E-state index in [-0.39, 0.29) is 30.6 Å². The molecular formula is C33H40F3N3O4. The molecule has 0 saturated heterocycles. The van der Waals surface area contributed by atoms with E-state index in [4.69, 9.17) is 9.47 Å². The molecule has 232 valence electrons. The number of halogens is 3. The van der Waals surface area contributed by atoms with Gasteiger partial charge in [-0.2, -0.15) is 18.3 Å². The van der Waals surface area contributed by atoms with Crippen molar-refractivity contribution < 1.29 is 32.2 Å². The molecule has 1 atom stereocenters. The summed E-state index contributed by atoms with van der Waals surface area (Å²) in [4.78, 5) is 25.4. The number of rotatable bonds is 12. The highest BCUT2D eigenvalue weighted by molar-refractivity contribution is 6.01. The van der Waals surface area contributed by atoms with E-state index in [9.17, 15) is 22.8 Å². The molecule has 4 rings (SSSR count). The van der Waals surface area contributed by atoms with E-state index < -0.39 is 22.7 Å². The lowest BCUT2D eigenvalue weighted by Gasteiger charge is -2.39. The van der Waals surface area contributed by atoms with E-state index in [1.165, 1.54) is 19.2 Å². The number of carbonyl (C=O) groups excluding carboxylic acids is 2. The Morgan fingerprint density at radius 3 is 2.33 bits per heavy atom. The maximum Gasteiger partial charge on any atom is 0.416 e. The van der Waals surface area contributed by atoms with Crippen LogP contribution in [0.4, 0.5) is 19.0 Å². The molecule has 1 aromatic heterocycles. The molecule has 0 radical (unpaired) electrons. The number of nitrogens with zero attached hydrogens (tertiary/aromatic N) is 2. The van der Waals surface area contributed by atoms with Gasteiger partial charge in [0, 0.05) is 23.8 Å². The molecule has 0 aliphatic carbocycles. The monoisotopic (exact) mass is 599 g/mol. The molecule has 0 amide bonds. The Morgan fingerprint density at radius 1 is 1.05 bits per heavy atom. The van der Waals surface area contributed by atoms with Crippen molar-refractivity contribution in [1.29, 1.82) is 0 Å². The van der Waals surface area contributed by atoms with Crippen molar-refractivity contribution >= 4 is 17.6 Å². The molecule has 3 aromatic rings. The first-order valence-corrected chi connectivity index (χ1v) is 14.7. The van der Waals surface area contributed by atoms with Gasteiger partial charge in [0.15, 0.2) is 5.78 Å². The molecule has 1 aliphatic heterocycles. The van der Waals surface area contributed by atoms with Crippen LogP contribution in [0.1, 0.15) is 99.3 Å². The summed E-state index contributed by atoms with van der Waals surface area (Å²) in [5, 5.41) is 8.14. The summed E-state index contributed by atoms with van der Waals surface area (Å²) >= 11 is 0. The Hall–Kier alpha value is -3.82. The van der Waals surface area contributed by atoms with Gasteiger partial charge in [0.05, 0.1) is 42.6 Å². The Morgan fingerprint density at radius 2 is 1.70 bits per heavy atom. The van der Waals surface area contributed by atoms with Crippen molar-refractivity contribution in [3.8, 4) is 5.75 Å². The van der Waals surface area contributed by atoms with E-state index in [0.717, 1.165) is 17.7 Å². The zero-order valence-corrected chi connectivity index (χ0v) is 25.4. The third-order valence-electron chi connectivity index (χ3n) is 8.64. The zero-order valence-electron chi connectivity index (χ0n) is 25.4. The lowest BCUT2D eigenvalue weighted by atomic mass is 9.71. The second kappa shape index (κ2) is 12.8. The van der Waals surface area contributed by atoms with Crippen LogP contribution in [-0.2, 0) is 26.7 Å². The van der Waals surface area contributed by atoms with Crippen LogP contribution in [-0.4, -0.2) is 35.2 Å². The highest BCUT2D eigenvalue weighted by Crippen LogP contribution is 2.44. The maximum atomic E-state index is 14.0. The van der Waals surface area contributed by atoms with Gasteiger partial charge in [0.25, 0.3) is 0 Å². The average Bonchev–Trinajstić information content (AvgIpc) is 3.43. The molecule has 7 nitrogen and oxygen atoms in total. The first-order chi connectivity index (χ1) is 20.3. The fourth-order valence-electron chi connectivity index (χ4n) is 5.97. The topological polar surface area (TPSA) is 82.5 Å². The number of Topliss-reactive ketones (excluding diaryl/α,β-unsaturated/α-hetero) is 1. The standard InChI is InChI=1S/C33H40F3N3O4/c1-6-32(7-2,22-14-16-23(17-15-22)33(34,35)36)20-27(40)25-21-37-39-30(25)38-26(19-31(39,3)4)24-11-8-9-12-28(24)43-18-10-13-29(41)42-5/h8-9,11-12,14-17,21,26,38H,6-7,10,13,18-20H2,1-5H3. The summed E-state index contributed by atoms with van der Waals surface area (Å²) in [6.45, 7) is 8.40. The van der Waals surface area contributed by atoms with Gasteiger partial charge in [-0.3, -0.25) is 9.59 Å². The molecule has 0 bridgehead atoms. The largest absolute Gasteiger partial charge is 0.493 e. The van der Waals surface area contributed by atoms with E-state index in [2.05, 4.69) is 24.3 Å². The minimum absolute atomic E-state index is 0.124. The van der Waals surface area contributed by atoms with Crippen LogP contribution in [0.25, 0.3) is 0 Å². The predicted molar refractivity (Wildman–Crippen MR) is 158 cm³/mol. The van der Waals surface area contributed by atoms with Crippen molar-refractivity contribution in [3.63, 3.8) is 0 Å². The molecule has 0 fully saturated rings. The molecule has 1 aliphatic rings. The van der Waals surface area contributed by atoms with Crippen LogP contribution < -0.4 is 10.1 Å². The number of hydrogen-bond acceptors (Lipinski definition) is 6. The number of para-hydroxylation sites is 1. The van der Waals surface area contributed by atoms with Gasteiger partial charge in [0.2, 0.25) is 0 Å². The number of aromatic nitrogens is 2. The van der Waals surface area contributed by atoms with Gasteiger partial charge in [-0.05, 0) is 63.3 Å². The number of esters is 1. The Labute approximate surface area is 250 Å². The molecule has 1 N–H and O–H groups in total. The van der Waals surface area contributed by atoms with Gasteiger partial charge in [-0.1, -0.05) is 44.2 Å². The van der Waals surface area contributed by atoms with E-state index in [1.54, 1.807) is 6.20 Å². The molecule has 1 unspecified atom stereocenters. The van der Waals surface area contributed by atoms with Crippen molar-refractivity contribution in [2.75, 3.05) is 19.0 Å². The van der Waals surface area contributed by atoms with Crippen LogP contribution in [0.5, 0.6) is 5.75 Å². The van der Waals surface area contributed by atoms with Crippen LogP contribution in [0, 0.1) is 0 Å². The number of carbonyl (C=O) groups is 2. The van der Waals surface area contributed by atoms with Gasteiger partial charge < -0.3 is 14.8 Å². The number of fused-ring (bicyclic) bond motifs is 1.